The van der Waals surface area contributed by atoms with Crippen LogP contribution in [0.1, 0.15) is 26.3 Å². The molecule has 3 aromatic rings. The second kappa shape index (κ2) is 8.91. The molecule has 1 aliphatic heterocycles. The number of anilines is 2. The maximum absolute atomic E-state index is 14.3. The maximum Gasteiger partial charge on any atom is 0.255 e. The van der Waals surface area contributed by atoms with Crippen molar-refractivity contribution in [1.82, 2.24) is 0 Å². The Labute approximate surface area is 189 Å². The summed E-state index contributed by atoms with van der Waals surface area (Å²) in [6.07, 6.45) is 1.12. The van der Waals surface area contributed by atoms with Crippen LogP contribution in [-0.4, -0.2) is 33.3 Å². The van der Waals surface area contributed by atoms with Crippen molar-refractivity contribution in [3.05, 3.63) is 83.2 Å². The van der Waals surface area contributed by atoms with E-state index < -0.39 is 27.5 Å². The van der Waals surface area contributed by atoms with Crippen LogP contribution in [0.4, 0.5) is 15.8 Å². The summed E-state index contributed by atoms with van der Waals surface area (Å²) >= 11 is 0. The van der Waals surface area contributed by atoms with Crippen LogP contribution in [0.2, 0.25) is 0 Å². The fourth-order valence-electron chi connectivity index (χ4n) is 3.19. The summed E-state index contributed by atoms with van der Waals surface area (Å²) in [7, 11) is -3.20. The first-order valence-electron chi connectivity index (χ1n) is 9.76. The first kappa shape index (κ1) is 22.3. The van der Waals surface area contributed by atoms with Crippen LogP contribution in [0.3, 0.4) is 0 Å². The van der Waals surface area contributed by atoms with E-state index in [0.29, 0.717) is 22.6 Å². The molecule has 10 heteroatoms. The Balaban J connectivity index is 1.46. The molecule has 0 aromatic heterocycles. The van der Waals surface area contributed by atoms with Gasteiger partial charge in [-0.25, -0.2) is 12.8 Å². The monoisotopic (exact) mass is 470 g/mol. The van der Waals surface area contributed by atoms with E-state index in [1.165, 1.54) is 42.5 Å². The van der Waals surface area contributed by atoms with Crippen LogP contribution < -0.4 is 20.1 Å². The number of halogens is 1. The normalized spacial score (nSPS) is 12.3. The molecule has 33 heavy (non-hydrogen) atoms. The molecule has 1 aliphatic rings. The van der Waals surface area contributed by atoms with Gasteiger partial charge in [0, 0.05) is 23.1 Å². The van der Waals surface area contributed by atoms with E-state index in [1.54, 1.807) is 12.1 Å². The summed E-state index contributed by atoms with van der Waals surface area (Å²) in [5, 5.41) is 5.11. The number of amides is 2. The summed E-state index contributed by atoms with van der Waals surface area (Å²) < 4.78 is 47.5. The van der Waals surface area contributed by atoms with Crippen LogP contribution >= 0.6 is 0 Å². The van der Waals surface area contributed by atoms with E-state index in [0.717, 1.165) is 12.3 Å². The lowest BCUT2D eigenvalue weighted by atomic mass is 10.1. The lowest BCUT2D eigenvalue weighted by Gasteiger charge is -2.11. The predicted octanol–water partition coefficient (Wildman–Crippen LogP) is 3.60. The number of benzene rings is 3. The van der Waals surface area contributed by atoms with Crippen molar-refractivity contribution in [2.24, 2.45) is 0 Å². The van der Waals surface area contributed by atoms with Crippen molar-refractivity contribution >= 4 is 33.0 Å². The van der Waals surface area contributed by atoms with Gasteiger partial charge in [-0.15, -0.1) is 0 Å². The number of ether oxygens (including phenoxy) is 2. The van der Waals surface area contributed by atoms with Crippen molar-refractivity contribution in [2.45, 2.75) is 5.75 Å². The van der Waals surface area contributed by atoms with Gasteiger partial charge in [0.2, 0.25) is 6.79 Å². The first-order chi connectivity index (χ1) is 15.7. The molecule has 8 nitrogen and oxygen atoms in total. The fourth-order valence-corrected chi connectivity index (χ4v) is 3.99. The van der Waals surface area contributed by atoms with Crippen LogP contribution in [-0.2, 0) is 15.6 Å². The smallest absolute Gasteiger partial charge is 0.255 e. The van der Waals surface area contributed by atoms with Crippen molar-refractivity contribution in [3.8, 4) is 11.5 Å². The Morgan fingerprint density at radius 2 is 1.55 bits per heavy atom. The molecular weight excluding hydrogens is 451 g/mol. The summed E-state index contributed by atoms with van der Waals surface area (Å²) in [6.45, 7) is 0.0852. The molecule has 0 fully saturated rings. The Morgan fingerprint density at radius 1 is 0.879 bits per heavy atom. The lowest BCUT2D eigenvalue weighted by Crippen LogP contribution is -2.15. The second-order valence-electron chi connectivity index (χ2n) is 7.44. The van der Waals surface area contributed by atoms with Gasteiger partial charge in [-0.05, 0) is 54.1 Å². The SMILES string of the molecule is CS(=O)(=O)Cc1ccc(C(=O)Nc2cc(NC(=O)c3ccc4c(c3)OCO4)ccc2F)cc1. The summed E-state index contributed by atoms with van der Waals surface area (Å²) in [4.78, 5) is 25.1. The zero-order chi connectivity index (χ0) is 23.6. The number of fused-ring (bicyclic) bond motifs is 1. The van der Waals surface area contributed by atoms with Crippen molar-refractivity contribution in [3.63, 3.8) is 0 Å². The minimum absolute atomic E-state index is 0.0852. The van der Waals surface area contributed by atoms with E-state index >= 15 is 0 Å². The zero-order valence-electron chi connectivity index (χ0n) is 17.4. The highest BCUT2D eigenvalue weighted by Crippen LogP contribution is 2.32. The molecule has 0 saturated carbocycles. The maximum atomic E-state index is 14.3. The third-order valence-electron chi connectivity index (χ3n) is 4.75. The van der Waals surface area contributed by atoms with E-state index in [2.05, 4.69) is 10.6 Å². The standard InChI is InChI=1S/C23H19FN2O6S/c1-33(29,30)12-14-2-4-15(5-3-14)22(27)26-19-11-17(7-8-18(19)24)25-23(28)16-6-9-20-21(10-16)32-13-31-20/h2-11H,12-13H2,1H3,(H,25,28)(H,26,27). The average molecular weight is 470 g/mol. The predicted molar refractivity (Wildman–Crippen MR) is 120 cm³/mol. The number of carbonyl (C=O) groups is 2. The molecule has 1 heterocycles. The van der Waals surface area contributed by atoms with E-state index in [9.17, 15) is 22.4 Å². The quantitative estimate of drug-likeness (QED) is 0.570. The van der Waals surface area contributed by atoms with Crippen molar-refractivity contribution in [1.29, 1.82) is 0 Å². The van der Waals surface area contributed by atoms with Gasteiger partial charge in [0.15, 0.2) is 21.3 Å². The third kappa shape index (κ3) is 5.47. The summed E-state index contributed by atoms with van der Waals surface area (Å²) in [5.74, 6) is -0.856. The molecule has 0 spiro atoms. The van der Waals surface area contributed by atoms with E-state index in [4.69, 9.17) is 9.47 Å². The second-order valence-corrected chi connectivity index (χ2v) is 9.58. The van der Waals surface area contributed by atoms with Crippen molar-refractivity contribution in [2.75, 3.05) is 23.7 Å². The number of carbonyl (C=O) groups excluding carboxylic acids is 2. The number of hydrogen-bond donors (Lipinski definition) is 2. The molecule has 0 unspecified atom stereocenters. The largest absolute Gasteiger partial charge is 0.454 e. The van der Waals surface area contributed by atoms with Gasteiger partial charge in [0.25, 0.3) is 11.8 Å². The molecule has 170 valence electrons. The molecule has 4 rings (SSSR count). The van der Waals surface area contributed by atoms with E-state index in [1.807, 2.05) is 0 Å². The minimum atomic E-state index is -3.20. The minimum Gasteiger partial charge on any atom is -0.454 e. The summed E-state index contributed by atoms with van der Waals surface area (Å²) in [6, 6.07) is 14.5. The molecule has 2 N–H and O–H groups in total. The first-order valence-corrected chi connectivity index (χ1v) is 11.8. The number of sulfone groups is 1. The molecule has 0 aliphatic carbocycles. The summed E-state index contributed by atoms with van der Waals surface area (Å²) in [5.41, 5.74) is 1.24. The highest BCUT2D eigenvalue weighted by atomic mass is 32.2. The van der Waals surface area contributed by atoms with Crippen LogP contribution in [0.25, 0.3) is 0 Å². The van der Waals surface area contributed by atoms with Gasteiger partial charge >= 0.3 is 0 Å². The molecular formula is C23H19FN2O6S. The Bertz CT molecular complexity index is 1340. The third-order valence-corrected chi connectivity index (χ3v) is 5.61. The average Bonchev–Trinajstić information content (AvgIpc) is 3.23. The topological polar surface area (TPSA) is 111 Å². The molecule has 3 aromatic carbocycles. The Kier molecular flexibility index (Phi) is 6.01. The van der Waals surface area contributed by atoms with Gasteiger partial charge < -0.3 is 20.1 Å². The Morgan fingerprint density at radius 3 is 2.27 bits per heavy atom. The highest BCUT2D eigenvalue weighted by molar-refractivity contribution is 7.89. The number of nitrogens with one attached hydrogen (secondary N) is 2. The molecule has 2 amide bonds. The molecule has 0 atom stereocenters. The van der Waals surface area contributed by atoms with Crippen LogP contribution in [0.15, 0.2) is 60.7 Å². The van der Waals surface area contributed by atoms with E-state index in [-0.39, 0.29) is 29.5 Å². The highest BCUT2D eigenvalue weighted by Gasteiger charge is 2.17. The molecule has 0 saturated heterocycles. The lowest BCUT2D eigenvalue weighted by molar-refractivity contribution is 0.101. The van der Waals surface area contributed by atoms with Gasteiger partial charge in [-0.1, -0.05) is 12.1 Å². The van der Waals surface area contributed by atoms with Crippen LogP contribution in [0, 0.1) is 5.82 Å². The van der Waals surface area contributed by atoms with Gasteiger partial charge in [-0.3, -0.25) is 9.59 Å². The number of rotatable bonds is 6. The van der Waals surface area contributed by atoms with Crippen molar-refractivity contribution < 1.29 is 31.9 Å². The fraction of sp³-hybridized carbons (Fsp3) is 0.130. The number of hydrogen-bond acceptors (Lipinski definition) is 6. The Hall–Kier alpha value is -3.92. The zero-order valence-corrected chi connectivity index (χ0v) is 18.2. The van der Waals surface area contributed by atoms with Gasteiger partial charge in [0.1, 0.15) is 5.82 Å². The molecule has 0 radical (unpaired) electrons. The van der Waals surface area contributed by atoms with Gasteiger partial charge in [-0.2, -0.15) is 0 Å². The van der Waals surface area contributed by atoms with Gasteiger partial charge in [0.05, 0.1) is 11.4 Å². The molecule has 0 bridgehead atoms. The van der Waals surface area contributed by atoms with Crippen LogP contribution in [0.5, 0.6) is 11.5 Å².